The van der Waals surface area contributed by atoms with Gasteiger partial charge in [-0.2, -0.15) is 0 Å². The number of hydrogen-bond donors (Lipinski definition) is 1. The second kappa shape index (κ2) is 7.14. The highest BCUT2D eigenvalue weighted by atomic mass is 16.5. The summed E-state index contributed by atoms with van der Waals surface area (Å²) in [4.78, 5) is 15.9. The fourth-order valence-corrected chi connectivity index (χ4v) is 3.51. The molecule has 1 unspecified atom stereocenters. The van der Waals surface area contributed by atoms with Crippen LogP contribution in [0.2, 0.25) is 0 Å². The molecule has 1 aliphatic heterocycles. The minimum absolute atomic E-state index is 0.301. The van der Waals surface area contributed by atoms with E-state index in [1.807, 2.05) is 30.6 Å². The van der Waals surface area contributed by atoms with Gasteiger partial charge in [0.2, 0.25) is 0 Å². The van der Waals surface area contributed by atoms with E-state index in [0.717, 1.165) is 35.5 Å². The molecule has 5 nitrogen and oxygen atoms in total. The number of rotatable bonds is 5. The predicted molar refractivity (Wildman–Crippen MR) is 98.3 cm³/mol. The van der Waals surface area contributed by atoms with Gasteiger partial charge in [-0.25, -0.2) is 9.78 Å². The van der Waals surface area contributed by atoms with Gasteiger partial charge in [-0.15, -0.1) is 0 Å². The van der Waals surface area contributed by atoms with E-state index < -0.39 is 5.97 Å². The monoisotopic (exact) mass is 348 g/mol. The highest BCUT2D eigenvalue weighted by molar-refractivity contribution is 5.87. The average molecular weight is 348 g/mol. The molecule has 1 aliphatic rings. The Bertz CT molecular complexity index is 912. The van der Waals surface area contributed by atoms with Gasteiger partial charge in [0, 0.05) is 24.6 Å². The molecule has 26 heavy (non-hydrogen) atoms. The van der Waals surface area contributed by atoms with Gasteiger partial charge >= 0.3 is 5.97 Å². The Kier molecular flexibility index (Phi) is 4.54. The summed E-state index contributed by atoms with van der Waals surface area (Å²) in [7, 11) is 0. The van der Waals surface area contributed by atoms with Crippen LogP contribution in [0, 0.1) is 0 Å². The summed E-state index contributed by atoms with van der Waals surface area (Å²) >= 11 is 0. The predicted octanol–water partition coefficient (Wildman–Crippen LogP) is 3.80. The standard InChI is InChI=1S/C21H20N2O3/c24-21(25)17-8-4-5-15(11-17)12-23-14-22-19(16-6-2-1-3-7-16)20(23)18-9-10-26-13-18/h1-8,11,14,18H,9-10,12-13H2,(H,24,25). The quantitative estimate of drug-likeness (QED) is 0.762. The molecule has 0 radical (unpaired) electrons. The van der Waals surface area contributed by atoms with Gasteiger partial charge < -0.3 is 14.4 Å². The molecule has 1 fully saturated rings. The van der Waals surface area contributed by atoms with E-state index >= 15 is 0 Å². The van der Waals surface area contributed by atoms with Crippen LogP contribution in [0.3, 0.4) is 0 Å². The maximum absolute atomic E-state index is 11.2. The molecule has 1 aromatic heterocycles. The third-order valence-electron chi connectivity index (χ3n) is 4.77. The molecular formula is C21H20N2O3. The van der Waals surface area contributed by atoms with Crippen molar-refractivity contribution in [2.75, 3.05) is 13.2 Å². The molecule has 0 spiro atoms. The smallest absolute Gasteiger partial charge is 0.335 e. The Balaban J connectivity index is 1.73. The minimum Gasteiger partial charge on any atom is -0.478 e. The Labute approximate surface area is 151 Å². The number of imidazole rings is 1. The van der Waals surface area contributed by atoms with Crippen LogP contribution >= 0.6 is 0 Å². The summed E-state index contributed by atoms with van der Waals surface area (Å²) in [6.07, 6.45) is 2.82. The first kappa shape index (κ1) is 16.5. The first-order chi connectivity index (χ1) is 12.7. The number of nitrogens with zero attached hydrogens (tertiary/aromatic N) is 2. The molecule has 1 N–H and O–H groups in total. The number of carboxylic acid groups (broad SMARTS) is 1. The second-order valence-electron chi connectivity index (χ2n) is 6.54. The van der Waals surface area contributed by atoms with Gasteiger partial charge in [0.1, 0.15) is 0 Å². The lowest BCUT2D eigenvalue weighted by atomic mass is 9.99. The Morgan fingerprint density at radius 2 is 2.04 bits per heavy atom. The van der Waals surface area contributed by atoms with E-state index in [1.54, 1.807) is 18.2 Å². The molecule has 0 amide bonds. The SMILES string of the molecule is O=C(O)c1cccc(Cn2cnc(-c3ccccc3)c2C2CCOC2)c1. The highest BCUT2D eigenvalue weighted by Gasteiger charge is 2.26. The van der Waals surface area contributed by atoms with Crippen LogP contribution in [-0.4, -0.2) is 33.8 Å². The Hall–Kier alpha value is -2.92. The molecule has 132 valence electrons. The number of aromatic carboxylic acids is 1. The molecule has 5 heteroatoms. The van der Waals surface area contributed by atoms with E-state index in [4.69, 9.17) is 4.74 Å². The molecule has 2 aromatic carbocycles. The summed E-state index contributed by atoms with van der Waals surface area (Å²) < 4.78 is 7.74. The Morgan fingerprint density at radius 1 is 1.19 bits per heavy atom. The van der Waals surface area contributed by atoms with Crippen molar-refractivity contribution in [1.29, 1.82) is 0 Å². The first-order valence-electron chi connectivity index (χ1n) is 8.73. The largest absolute Gasteiger partial charge is 0.478 e. The molecule has 0 saturated carbocycles. The number of carbonyl (C=O) groups is 1. The van der Waals surface area contributed by atoms with Crippen molar-refractivity contribution in [3.63, 3.8) is 0 Å². The minimum atomic E-state index is -0.910. The lowest BCUT2D eigenvalue weighted by Crippen LogP contribution is -2.10. The van der Waals surface area contributed by atoms with Crippen LogP contribution in [-0.2, 0) is 11.3 Å². The highest BCUT2D eigenvalue weighted by Crippen LogP contribution is 2.33. The maximum atomic E-state index is 11.2. The van der Waals surface area contributed by atoms with Gasteiger partial charge in [-0.3, -0.25) is 0 Å². The van der Waals surface area contributed by atoms with Crippen molar-refractivity contribution in [2.45, 2.75) is 18.9 Å². The number of ether oxygens (including phenoxy) is 1. The zero-order chi connectivity index (χ0) is 17.9. The second-order valence-corrected chi connectivity index (χ2v) is 6.54. The first-order valence-corrected chi connectivity index (χ1v) is 8.73. The van der Waals surface area contributed by atoms with E-state index in [0.29, 0.717) is 24.6 Å². The zero-order valence-corrected chi connectivity index (χ0v) is 14.3. The summed E-state index contributed by atoms with van der Waals surface area (Å²) in [5.74, 6) is -0.609. The van der Waals surface area contributed by atoms with E-state index in [1.165, 1.54) is 0 Å². The van der Waals surface area contributed by atoms with Crippen molar-refractivity contribution in [3.05, 3.63) is 77.7 Å². The summed E-state index contributed by atoms with van der Waals surface area (Å²) in [5, 5.41) is 9.22. The maximum Gasteiger partial charge on any atom is 0.335 e. The van der Waals surface area contributed by atoms with Crippen LogP contribution in [0.4, 0.5) is 0 Å². The molecule has 2 heterocycles. The van der Waals surface area contributed by atoms with E-state index in [2.05, 4.69) is 21.7 Å². The van der Waals surface area contributed by atoms with Gasteiger partial charge in [-0.05, 0) is 24.1 Å². The molecular weight excluding hydrogens is 328 g/mol. The van der Waals surface area contributed by atoms with Crippen molar-refractivity contribution in [2.24, 2.45) is 0 Å². The fourth-order valence-electron chi connectivity index (χ4n) is 3.51. The molecule has 0 bridgehead atoms. The van der Waals surface area contributed by atoms with Crippen molar-refractivity contribution < 1.29 is 14.6 Å². The molecule has 3 aromatic rings. The van der Waals surface area contributed by atoms with E-state index in [9.17, 15) is 9.90 Å². The van der Waals surface area contributed by atoms with Crippen LogP contribution in [0.1, 0.15) is 34.0 Å². The van der Waals surface area contributed by atoms with E-state index in [-0.39, 0.29) is 0 Å². The molecule has 0 aliphatic carbocycles. The van der Waals surface area contributed by atoms with Crippen molar-refractivity contribution in [3.8, 4) is 11.3 Å². The van der Waals surface area contributed by atoms with Crippen LogP contribution in [0.25, 0.3) is 11.3 Å². The normalized spacial score (nSPS) is 16.7. The zero-order valence-electron chi connectivity index (χ0n) is 14.3. The van der Waals surface area contributed by atoms with Gasteiger partial charge in [0.05, 0.1) is 29.9 Å². The van der Waals surface area contributed by atoms with Crippen LogP contribution < -0.4 is 0 Å². The number of aromatic nitrogens is 2. The third-order valence-corrected chi connectivity index (χ3v) is 4.77. The number of hydrogen-bond acceptors (Lipinski definition) is 3. The number of benzene rings is 2. The average Bonchev–Trinajstić information content (AvgIpc) is 3.32. The van der Waals surface area contributed by atoms with Crippen molar-refractivity contribution in [1.82, 2.24) is 9.55 Å². The molecule has 1 atom stereocenters. The molecule has 4 rings (SSSR count). The lowest BCUT2D eigenvalue weighted by molar-refractivity contribution is 0.0696. The summed E-state index contributed by atoms with van der Waals surface area (Å²) in [6.45, 7) is 2.05. The van der Waals surface area contributed by atoms with Gasteiger partial charge in [-0.1, -0.05) is 42.5 Å². The summed E-state index contributed by atoms with van der Waals surface area (Å²) in [5.41, 5.74) is 4.48. The van der Waals surface area contributed by atoms with Crippen LogP contribution in [0.5, 0.6) is 0 Å². The summed E-state index contributed by atoms with van der Waals surface area (Å²) in [6, 6.07) is 17.2. The molecule has 1 saturated heterocycles. The lowest BCUT2D eigenvalue weighted by Gasteiger charge is -2.15. The fraction of sp³-hybridized carbons (Fsp3) is 0.238. The Morgan fingerprint density at radius 3 is 2.77 bits per heavy atom. The third kappa shape index (κ3) is 3.26. The van der Waals surface area contributed by atoms with Gasteiger partial charge in [0.25, 0.3) is 0 Å². The van der Waals surface area contributed by atoms with Crippen LogP contribution in [0.15, 0.2) is 60.9 Å². The topological polar surface area (TPSA) is 64.3 Å². The number of carboxylic acids is 1. The van der Waals surface area contributed by atoms with Gasteiger partial charge in [0.15, 0.2) is 0 Å². The van der Waals surface area contributed by atoms with Crippen molar-refractivity contribution >= 4 is 5.97 Å².